The highest BCUT2D eigenvalue weighted by Gasteiger charge is 1.99. The van der Waals surface area contributed by atoms with Crippen LogP contribution in [0.1, 0.15) is 22.3 Å². The van der Waals surface area contributed by atoms with Crippen molar-refractivity contribution in [1.29, 1.82) is 0 Å². The third kappa shape index (κ3) is 3.83. The van der Waals surface area contributed by atoms with Crippen molar-refractivity contribution >= 4 is 0 Å². The average molecular weight is 255 g/mol. The number of nitrogens with one attached hydrogen (secondary N) is 1. The Labute approximate surface area is 115 Å². The number of rotatable bonds is 5. The average Bonchev–Trinajstić information content (AvgIpc) is 2.43. The molecule has 2 heteroatoms. The lowest BCUT2D eigenvalue weighted by Crippen LogP contribution is -2.13. The van der Waals surface area contributed by atoms with Crippen LogP contribution >= 0.6 is 0 Å². The quantitative estimate of drug-likeness (QED) is 0.881. The van der Waals surface area contributed by atoms with E-state index in [9.17, 15) is 0 Å². The molecule has 0 fully saturated rings. The van der Waals surface area contributed by atoms with Crippen LogP contribution in [-0.4, -0.2) is 7.11 Å². The summed E-state index contributed by atoms with van der Waals surface area (Å²) in [5.41, 5.74) is 5.29. The van der Waals surface area contributed by atoms with Gasteiger partial charge in [-0.05, 0) is 42.7 Å². The molecule has 1 N–H and O–H groups in total. The lowest BCUT2D eigenvalue weighted by atomic mass is 10.1. The molecule has 0 saturated heterocycles. The second-order valence-corrected chi connectivity index (χ2v) is 4.88. The third-order valence-corrected chi connectivity index (χ3v) is 3.31. The molecule has 0 heterocycles. The molecule has 0 bridgehead atoms. The zero-order valence-electron chi connectivity index (χ0n) is 11.9. The molecule has 0 aromatic heterocycles. The molecule has 0 spiro atoms. The smallest absolute Gasteiger partial charge is 0.118 e. The van der Waals surface area contributed by atoms with Crippen molar-refractivity contribution in [2.75, 3.05) is 7.11 Å². The Bertz CT molecular complexity index is 531. The maximum Gasteiger partial charge on any atom is 0.118 e. The summed E-state index contributed by atoms with van der Waals surface area (Å²) >= 11 is 0. The number of hydrogen-bond donors (Lipinski definition) is 1. The Morgan fingerprint density at radius 2 is 1.68 bits per heavy atom. The van der Waals surface area contributed by atoms with Crippen molar-refractivity contribution in [3.63, 3.8) is 0 Å². The van der Waals surface area contributed by atoms with E-state index in [-0.39, 0.29) is 0 Å². The van der Waals surface area contributed by atoms with Crippen LogP contribution in [0, 0.1) is 13.8 Å². The van der Waals surface area contributed by atoms with Gasteiger partial charge in [-0.15, -0.1) is 0 Å². The van der Waals surface area contributed by atoms with Gasteiger partial charge in [0.2, 0.25) is 0 Å². The molecule has 0 radical (unpaired) electrons. The van der Waals surface area contributed by atoms with Crippen molar-refractivity contribution in [1.82, 2.24) is 5.32 Å². The van der Waals surface area contributed by atoms with Crippen LogP contribution in [0.2, 0.25) is 0 Å². The highest BCUT2D eigenvalue weighted by atomic mass is 16.5. The van der Waals surface area contributed by atoms with Crippen LogP contribution in [0.3, 0.4) is 0 Å². The first-order chi connectivity index (χ1) is 9.19. The Morgan fingerprint density at radius 1 is 0.947 bits per heavy atom. The second-order valence-electron chi connectivity index (χ2n) is 4.88. The standard InChI is InChI=1S/C17H21NO/c1-13-4-5-14(2)16(10-13)12-18-11-15-6-8-17(19-3)9-7-15/h4-10,18H,11-12H2,1-3H3. The molecule has 0 unspecified atom stereocenters. The van der Waals surface area contributed by atoms with Crippen LogP contribution in [-0.2, 0) is 13.1 Å². The maximum absolute atomic E-state index is 5.15. The van der Waals surface area contributed by atoms with Gasteiger partial charge in [0.1, 0.15) is 5.75 Å². The lowest BCUT2D eigenvalue weighted by molar-refractivity contribution is 0.414. The maximum atomic E-state index is 5.15. The summed E-state index contributed by atoms with van der Waals surface area (Å²) in [6, 6.07) is 14.8. The molecule has 2 rings (SSSR count). The molecule has 19 heavy (non-hydrogen) atoms. The molecule has 0 atom stereocenters. The zero-order chi connectivity index (χ0) is 13.7. The molecule has 2 nitrogen and oxygen atoms in total. The fraction of sp³-hybridized carbons (Fsp3) is 0.294. The summed E-state index contributed by atoms with van der Waals surface area (Å²) in [5, 5.41) is 3.48. The number of hydrogen-bond acceptors (Lipinski definition) is 2. The first-order valence-electron chi connectivity index (χ1n) is 6.59. The van der Waals surface area contributed by atoms with E-state index in [4.69, 9.17) is 4.74 Å². The first-order valence-corrected chi connectivity index (χ1v) is 6.59. The highest BCUT2D eigenvalue weighted by Crippen LogP contribution is 2.12. The van der Waals surface area contributed by atoms with Gasteiger partial charge in [-0.2, -0.15) is 0 Å². The second kappa shape index (κ2) is 6.39. The largest absolute Gasteiger partial charge is 0.497 e. The Morgan fingerprint density at radius 3 is 2.37 bits per heavy atom. The fourth-order valence-electron chi connectivity index (χ4n) is 2.08. The van der Waals surface area contributed by atoms with E-state index in [1.54, 1.807) is 7.11 Å². The minimum absolute atomic E-state index is 0.872. The number of ether oxygens (including phenoxy) is 1. The van der Waals surface area contributed by atoms with Gasteiger partial charge in [0.05, 0.1) is 7.11 Å². The van der Waals surface area contributed by atoms with Gasteiger partial charge >= 0.3 is 0 Å². The predicted molar refractivity (Wildman–Crippen MR) is 79.5 cm³/mol. The molecule has 0 amide bonds. The summed E-state index contributed by atoms with van der Waals surface area (Å²) in [7, 11) is 1.69. The van der Waals surface area contributed by atoms with E-state index >= 15 is 0 Å². The van der Waals surface area contributed by atoms with E-state index in [2.05, 4.69) is 49.5 Å². The molecule has 0 aliphatic heterocycles. The monoisotopic (exact) mass is 255 g/mol. The number of aryl methyl sites for hydroxylation is 2. The van der Waals surface area contributed by atoms with E-state index < -0.39 is 0 Å². The van der Waals surface area contributed by atoms with Crippen LogP contribution in [0.4, 0.5) is 0 Å². The predicted octanol–water partition coefficient (Wildman–Crippen LogP) is 3.60. The first kappa shape index (κ1) is 13.6. The molecular weight excluding hydrogens is 234 g/mol. The third-order valence-electron chi connectivity index (χ3n) is 3.31. The highest BCUT2D eigenvalue weighted by molar-refractivity contribution is 5.30. The van der Waals surface area contributed by atoms with E-state index in [1.165, 1.54) is 22.3 Å². The number of methoxy groups -OCH3 is 1. The topological polar surface area (TPSA) is 21.3 Å². The molecule has 0 aliphatic rings. The molecule has 100 valence electrons. The summed E-state index contributed by atoms with van der Waals surface area (Å²) in [4.78, 5) is 0. The van der Waals surface area contributed by atoms with Gasteiger partial charge in [0, 0.05) is 13.1 Å². The van der Waals surface area contributed by atoms with Gasteiger partial charge in [-0.25, -0.2) is 0 Å². The normalized spacial score (nSPS) is 10.5. The van der Waals surface area contributed by atoms with Gasteiger partial charge in [-0.3, -0.25) is 0 Å². The van der Waals surface area contributed by atoms with Crippen molar-refractivity contribution in [3.05, 3.63) is 64.7 Å². The Kier molecular flexibility index (Phi) is 4.58. The van der Waals surface area contributed by atoms with E-state index in [0.29, 0.717) is 0 Å². The SMILES string of the molecule is COc1ccc(CNCc2cc(C)ccc2C)cc1. The van der Waals surface area contributed by atoms with Gasteiger partial charge < -0.3 is 10.1 Å². The summed E-state index contributed by atoms with van der Waals surface area (Å²) in [6.07, 6.45) is 0. The minimum atomic E-state index is 0.872. The van der Waals surface area contributed by atoms with Crippen molar-refractivity contribution in [2.45, 2.75) is 26.9 Å². The Balaban J connectivity index is 1.90. The Hall–Kier alpha value is -1.80. The molecule has 2 aromatic carbocycles. The summed E-state index contributed by atoms with van der Waals surface area (Å²) in [5.74, 6) is 0.901. The molecular formula is C17H21NO. The van der Waals surface area contributed by atoms with Gasteiger partial charge in [0.25, 0.3) is 0 Å². The summed E-state index contributed by atoms with van der Waals surface area (Å²) in [6.45, 7) is 6.06. The van der Waals surface area contributed by atoms with Gasteiger partial charge in [-0.1, -0.05) is 35.9 Å². The van der Waals surface area contributed by atoms with E-state index in [0.717, 1.165) is 18.8 Å². The van der Waals surface area contributed by atoms with Crippen LogP contribution < -0.4 is 10.1 Å². The van der Waals surface area contributed by atoms with Crippen LogP contribution in [0.25, 0.3) is 0 Å². The zero-order valence-corrected chi connectivity index (χ0v) is 11.9. The number of benzene rings is 2. The molecule has 0 saturated carbocycles. The van der Waals surface area contributed by atoms with E-state index in [1.807, 2.05) is 12.1 Å². The molecule has 0 aliphatic carbocycles. The van der Waals surface area contributed by atoms with Crippen molar-refractivity contribution < 1.29 is 4.74 Å². The minimum Gasteiger partial charge on any atom is -0.497 e. The van der Waals surface area contributed by atoms with Gasteiger partial charge in [0.15, 0.2) is 0 Å². The molecule has 2 aromatic rings. The van der Waals surface area contributed by atoms with Crippen LogP contribution in [0.5, 0.6) is 5.75 Å². The van der Waals surface area contributed by atoms with Crippen molar-refractivity contribution in [2.24, 2.45) is 0 Å². The fourth-order valence-corrected chi connectivity index (χ4v) is 2.08. The summed E-state index contributed by atoms with van der Waals surface area (Å²) < 4.78 is 5.15. The van der Waals surface area contributed by atoms with Crippen LogP contribution in [0.15, 0.2) is 42.5 Å². The van der Waals surface area contributed by atoms with Crippen molar-refractivity contribution in [3.8, 4) is 5.75 Å². The lowest BCUT2D eigenvalue weighted by Gasteiger charge is -2.09.